The molecule has 4 N–H and O–H groups in total. The number of carbonyl (C=O) groups excluding carboxylic acids is 1. The number of anilines is 1. The van der Waals surface area contributed by atoms with Crippen LogP contribution in [0.15, 0.2) is 34.7 Å². The fourth-order valence-electron chi connectivity index (χ4n) is 2.59. The Kier molecular flexibility index (Phi) is 4.43. The second-order valence-electron chi connectivity index (χ2n) is 5.29. The van der Waals surface area contributed by atoms with E-state index in [9.17, 15) is 19.2 Å². The lowest BCUT2D eigenvalue weighted by Crippen LogP contribution is -2.33. The van der Waals surface area contributed by atoms with Gasteiger partial charge < -0.3 is 25.1 Å². The van der Waals surface area contributed by atoms with Crippen LogP contribution in [0, 0.1) is 5.82 Å². The molecule has 0 fully saturated rings. The van der Waals surface area contributed by atoms with Gasteiger partial charge in [0.2, 0.25) is 5.71 Å². The summed E-state index contributed by atoms with van der Waals surface area (Å²) >= 11 is 0. The van der Waals surface area contributed by atoms with Crippen LogP contribution < -0.4 is 16.1 Å². The topological polar surface area (TPSA) is 108 Å². The normalized spacial score (nSPS) is 10.8. The van der Waals surface area contributed by atoms with Crippen LogP contribution in [0.5, 0.6) is 0 Å². The average molecular weight is 343 g/mol. The fraction of sp³-hybridized carbons (Fsp3) is 0.125. The number of rotatable bonds is 4. The monoisotopic (exact) mass is 343 g/mol. The molecule has 0 aliphatic heterocycles. The van der Waals surface area contributed by atoms with Crippen LogP contribution >= 0.6 is 0 Å². The number of furan rings is 1. The van der Waals surface area contributed by atoms with E-state index in [4.69, 9.17) is 4.42 Å². The number of halogens is 1. The van der Waals surface area contributed by atoms with Crippen LogP contribution in [0.4, 0.5) is 10.2 Å². The van der Waals surface area contributed by atoms with Gasteiger partial charge in [0, 0.05) is 25.1 Å². The molecule has 128 valence electrons. The van der Waals surface area contributed by atoms with Gasteiger partial charge in [-0.2, -0.15) is 4.98 Å². The van der Waals surface area contributed by atoms with Crippen LogP contribution in [0.2, 0.25) is 0 Å². The number of hydrogen-bond donors (Lipinski definition) is 4. The first-order chi connectivity index (χ1) is 12.0. The summed E-state index contributed by atoms with van der Waals surface area (Å²) in [4.78, 5) is 16.6. The summed E-state index contributed by atoms with van der Waals surface area (Å²) in [6.07, 6.45) is 0. The molecule has 0 bridgehead atoms. The molecule has 0 atom stereocenters. The van der Waals surface area contributed by atoms with E-state index in [1.807, 2.05) is 0 Å². The van der Waals surface area contributed by atoms with Gasteiger partial charge in [0.15, 0.2) is 0 Å². The van der Waals surface area contributed by atoms with Crippen molar-refractivity contribution >= 4 is 35.4 Å². The summed E-state index contributed by atoms with van der Waals surface area (Å²) < 4.78 is 18.9. The summed E-state index contributed by atoms with van der Waals surface area (Å²) in [7, 11) is 1.26. The van der Waals surface area contributed by atoms with Crippen LogP contribution in [0.25, 0.3) is 22.4 Å². The average Bonchev–Trinajstić information content (AvgIpc) is 2.98. The summed E-state index contributed by atoms with van der Waals surface area (Å²) in [5, 5.41) is 24.7. The van der Waals surface area contributed by atoms with E-state index in [2.05, 4.69) is 15.6 Å². The predicted octanol–water partition coefficient (Wildman–Crippen LogP) is 0.715. The van der Waals surface area contributed by atoms with E-state index in [1.54, 1.807) is 7.05 Å². The molecule has 0 saturated heterocycles. The Balaban J connectivity index is 2.33. The number of aromatic nitrogens is 1. The molecule has 0 spiro atoms. The number of carbonyl (C=O) groups is 1. The second-order valence-corrected chi connectivity index (χ2v) is 5.29. The van der Waals surface area contributed by atoms with E-state index in [1.165, 1.54) is 37.4 Å². The van der Waals surface area contributed by atoms with Crippen molar-refractivity contribution in [2.45, 2.75) is 0 Å². The summed E-state index contributed by atoms with van der Waals surface area (Å²) in [5.41, 5.74) is 0.926. The standard InChI is InChI=1S/C16H15BFN3O4/c1-19-14-11(17(23)24)7-10-12(15(22)20-2)13(25-16(10)21-14)8-3-5-9(18)6-4-8/h3-7,23-24H,1-2H3,(H,19,21)(H,20,22). The molecule has 9 heteroatoms. The molecule has 7 nitrogen and oxygen atoms in total. The molecular formula is C16H15BFN3O4. The molecular weight excluding hydrogens is 328 g/mol. The first-order valence-corrected chi connectivity index (χ1v) is 7.45. The third-order valence-corrected chi connectivity index (χ3v) is 3.79. The van der Waals surface area contributed by atoms with Crippen molar-refractivity contribution in [3.8, 4) is 11.3 Å². The maximum atomic E-state index is 13.2. The number of pyridine rings is 1. The van der Waals surface area contributed by atoms with Crippen molar-refractivity contribution in [1.29, 1.82) is 0 Å². The maximum absolute atomic E-state index is 13.2. The van der Waals surface area contributed by atoms with Gasteiger partial charge in [-0.05, 0) is 30.3 Å². The Morgan fingerprint density at radius 1 is 1.24 bits per heavy atom. The minimum Gasteiger partial charge on any atom is -0.437 e. The molecule has 0 saturated carbocycles. The Bertz CT molecular complexity index is 941. The zero-order valence-corrected chi connectivity index (χ0v) is 13.5. The van der Waals surface area contributed by atoms with Gasteiger partial charge >= 0.3 is 7.12 Å². The smallest absolute Gasteiger partial charge is 0.437 e. The Morgan fingerprint density at radius 3 is 2.48 bits per heavy atom. The van der Waals surface area contributed by atoms with Crippen molar-refractivity contribution < 1.29 is 23.7 Å². The lowest BCUT2D eigenvalue weighted by Gasteiger charge is -2.07. The molecule has 25 heavy (non-hydrogen) atoms. The van der Waals surface area contributed by atoms with Crippen molar-refractivity contribution in [3.05, 3.63) is 41.7 Å². The zero-order chi connectivity index (χ0) is 18.1. The molecule has 1 amide bonds. The summed E-state index contributed by atoms with van der Waals surface area (Å²) in [5.74, 6) is -0.419. The minimum atomic E-state index is -1.78. The SMILES string of the molecule is CNC(=O)c1c(-c2ccc(F)cc2)oc2nc(NC)c(B(O)O)cc12. The van der Waals surface area contributed by atoms with Crippen LogP contribution in [0.1, 0.15) is 10.4 Å². The molecule has 0 unspecified atom stereocenters. The van der Waals surface area contributed by atoms with E-state index in [0.717, 1.165) is 0 Å². The molecule has 3 rings (SSSR count). The molecule has 1 aromatic carbocycles. The third-order valence-electron chi connectivity index (χ3n) is 3.79. The van der Waals surface area contributed by atoms with Gasteiger partial charge in [0.05, 0.1) is 10.9 Å². The highest BCUT2D eigenvalue weighted by Crippen LogP contribution is 2.33. The van der Waals surface area contributed by atoms with Crippen LogP contribution in [0.3, 0.4) is 0 Å². The van der Waals surface area contributed by atoms with Gasteiger partial charge in [0.1, 0.15) is 17.4 Å². The lowest BCUT2D eigenvalue weighted by molar-refractivity contribution is 0.0964. The number of hydrogen-bond acceptors (Lipinski definition) is 6. The van der Waals surface area contributed by atoms with E-state index < -0.39 is 18.8 Å². The molecule has 2 aromatic heterocycles. The first kappa shape index (κ1) is 16.9. The number of benzene rings is 1. The number of nitrogens with zero attached hydrogens (tertiary/aromatic N) is 1. The van der Waals surface area contributed by atoms with E-state index in [-0.39, 0.29) is 28.3 Å². The van der Waals surface area contributed by atoms with Crippen molar-refractivity contribution in [2.24, 2.45) is 0 Å². The van der Waals surface area contributed by atoms with Gasteiger partial charge in [-0.25, -0.2) is 4.39 Å². The second kappa shape index (κ2) is 6.54. The van der Waals surface area contributed by atoms with Crippen LogP contribution in [-0.4, -0.2) is 42.2 Å². The highest BCUT2D eigenvalue weighted by Gasteiger charge is 2.26. The Morgan fingerprint density at radius 2 is 1.92 bits per heavy atom. The van der Waals surface area contributed by atoms with E-state index in [0.29, 0.717) is 10.9 Å². The van der Waals surface area contributed by atoms with Gasteiger partial charge in [0.25, 0.3) is 5.91 Å². The van der Waals surface area contributed by atoms with Crippen molar-refractivity contribution in [1.82, 2.24) is 10.3 Å². The van der Waals surface area contributed by atoms with Gasteiger partial charge in [-0.1, -0.05) is 0 Å². The van der Waals surface area contributed by atoms with Gasteiger partial charge in [-0.3, -0.25) is 4.79 Å². The van der Waals surface area contributed by atoms with Gasteiger partial charge in [-0.15, -0.1) is 0 Å². The Labute approximate surface area is 142 Å². The highest BCUT2D eigenvalue weighted by molar-refractivity contribution is 6.60. The quantitative estimate of drug-likeness (QED) is 0.520. The number of nitrogens with one attached hydrogen (secondary N) is 2. The number of fused-ring (bicyclic) bond motifs is 1. The third kappa shape index (κ3) is 2.95. The first-order valence-electron chi connectivity index (χ1n) is 7.45. The largest absolute Gasteiger partial charge is 0.492 e. The predicted molar refractivity (Wildman–Crippen MR) is 92.2 cm³/mol. The molecule has 3 aromatic rings. The Hall–Kier alpha value is -2.91. The lowest BCUT2D eigenvalue weighted by atomic mass is 9.80. The van der Waals surface area contributed by atoms with Crippen LogP contribution in [-0.2, 0) is 0 Å². The fourth-order valence-corrected chi connectivity index (χ4v) is 2.59. The summed E-state index contributed by atoms with van der Waals surface area (Å²) in [6.45, 7) is 0. The molecule has 2 heterocycles. The molecule has 0 aliphatic rings. The molecule has 0 aliphatic carbocycles. The minimum absolute atomic E-state index is 0.103. The maximum Gasteiger partial charge on any atom is 0.492 e. The van der Waals surface area contributed by atoms with Crippen molar-refractivity contribution in [3.63, 3.8) is 0 Å². The summed E-state index contributed by atoms with van der Waals surface area (Å²) in [6, 6.07) is 6.91. The highest BCUT2D eigenvalue weighted by atomic mass is 19.1. The van der Waals surface area contributed by atoms with E-state index >= 15 is 0 Å². The number of amides is 1. The van der Waals surface area contributed by atoms with Crippen molar-refractivity contribution in [2.75, 3.05) is 19.4 Å². The zero-order valence-electron chi connectivity index (χ0n) is 13.5. The molecule has 0 radical (unpaired) electrons.